The highest BCUT2D eigenvalue weighted by Crippen LogP contribution is 2.29. The van der Waals surface area contributed by atoms with Crippen LogP contribution in [0, 0.1) is 6.92 Å². The minimum atomic E-state index is -0.438. The topological polar surface area (TPSA) is 61.6 Å². The van der Waals surface area contributed by atoms with Crippen LogP contribution in [0.15, 0.2) is 46.9 Å². The number of oxazole rings is 1. The predicted molar refractivity (Wildman–Crippen MR) is 80.9 cm³/mol. The minimum Gasteiger partial charge on any atom is -0.485 e. The average Bonchev–Trinajstić information content (AvgIpc) is 2.93. The van der Waals surface area contributed by atoms with E-state index in [1.54, 1.807) is 19.1 Å². The van der Waals surface area contributed by atoms with Crippen LogP contribution in [0.25, 0.3) is 11.1 Å². The molecular weight excluding hydrogens is 282 g/mol. The van der Waals surface area contributed by atoms with Gasteiger partial charge in [-0.05, 0) is 17.7 Å². The Labute approximate surface area is 127 Å². The Bertz CT molecular complexity index is 808. The zero-order chi connectivity index (χ0) is 15.5. The molecule has 5 heteroatoms. The van der Waals surface area contributed by atoms with E-state index in [2.05, 4.69) is 4.98 Å². The van der Waals surface area contributed by atoms with Gasteiger partial charge >= 0.3 is 5.97 Å². The van der Waals surface area contributed by atoms with E-state index < -0.39 is 5.97 Å². The molecule has 0 radical (unpaired) electrons. The van der Waals surface area contributed by atoms with E-state index in [0.29, 0.717) is 34.9 Å². The third-order valence-electron chi connectivity index (χ3n) is 3.22. The summed E-state index contributed by atoms with van der Waals surface area (Å²) < 4.78 is 16.1. The van der Waals surface area contributed by atoms with Crippen LogP contribution in [0.3, 0.4) is 0 Å². The lowest BCUT2D eigenvalue weighted by Crippen LogP contribution is -2.03. The first-order valence-corrected chi connectivity index (χ1v) is 6.83. The highest BCUT2D eigenvalue weighted by atomic mass is 16.5. The lowest BCUT2D eigenvalue weighted by Gasteiger charge is -2.08. The van der Waals surface area contributed by atoms with Gasteiger partial charge in [0.15, 0.2) is 17.2 Å². The molecule has 0 N–H and O–H groups in total. The van der Waals surface area contributed by atoms with E-state index in [1.165, 1.54) is 7.11 Å². The van der Waals surface area contributed by atoms with Crippen molar-refractivity contribution >= 4 is 17.1 Å². The maximum atomic E-state index is 11.8. The van der Waals surface area contributed by atoms with Gasteiger partial charge in [-0.1, -0.05) is 30.3 Å². The summed E-state index contributed by atoms with van der Waals surface area (Å²) in [5.74, 6) is 0.552. The molecule has 1 aromatic heterocycles. The zero-order valence-corrected chi connectivity index (χ0v) is 12.3. The van der Waals surface area contributed by atoms with Gasteiger partial charge in [0.05, 0.1) is 12.7 Å². The molecule has 0 aliphatic rings. The summed E-state index contributed by atoms with van der Waals surface area (Å²) in [4.78, 5) is 16.0. The molecule has 0 unspecified atom stereocenters. The molecule has 3 rings (SSSR count). The third kappa shape index (κ3) is 2.79. The molecule has 22 heavy (non-hydrogen) atoms. The summed E-state index contributed by atoms with van der Waals surface area (Å²) in [6, 6.07) is 13.0. The second-order valence-electron chi connectivity index (χ2n) is 4.82. The number of hydrogen-bond acceptors (Lipinski definition) is 5. The van der Waals surface area contributed by atoms with Crippen LogP contribution in [0.1, 0.15) is 21.8 Å². The van der Waals surface area contributed by atoms with Crippen LogP contribution >= 0.6 is 0 Å². The Morgan fingerprint density at radius 2 is 2.00 bits per heavy atom. The van der Waals surface area contributed by atoms with Crippen molar-refractivity contribution in [3.8, 4) is 5.75 Å². The number of rotatable bonds is 4. The van der Waals surface area contributed by atoms with Gasteiger partial charge < -0.3 is 13.9 Å². The average molecular weight is 297 g/mol. The van der Waals surface area contributed by atoms with Crippen LogP contribution in [0.2, 0.25) is 0 Å². The maximum absolute atomic E-state index is 11.8. The van der Waals surface area contributed by atoms with E-state index >= 15 is 0 Å². The van der Waals surface area contributed by atoms with Gasteiger partial charge in [-0.25, -0.2) is 9.78 Å². The van der Waals surface area contributed by atoms with Gasteiger partial charge in [-0.15, -0.1) is 0 Å². The second-order valence-corrected chi connectivity index (χ2v) is 4.82. The fraction of sp³-hybridized carbons (Fsp3) is 0.176. The molecule has 1 heterocycles. The van der Waals surface area contributed by atoms with Gasteiger partial charge in [-0.2, -0.15) is 0 Å². The first-order chi connectivity index (χ1) is 10.7. The molecule has 2 aromatic carbocycles. The van der Waals surface area contributed by atoms with Crippen molar-refractivity contribution in [1.29, 1.82) is 0 Å². The van der Waals surface area contributed by atoms with Gasteiger partial charge in [0.25, 0.3) is 0 Å². The molecule has 0 bridgehead atoms. The highest BCUT2D eigenvalue weighted by molar-refractivity contribution is 5.95. The van der Waals surface area contributed by atoms with E-state index in [4.69, 9.17) is 13.9 Å². The van der Waals surface area contributed by atoms with Crippen molar-refractivity contribution < 1.29 is 18.7 Å². The lowest BCUT2D eigenvalue weighted by atomic mass is 10.2. The number of esters is 1. The smallest absolute Gasteiger partial charge is 0.338 e. The number of aryl methyl sites for hydroxylation is 1. The molecule has 5 nitrogen and oxygen atoms in total. The Morgan fingerprint density at radius 1 is 1.23 bits per heavy atom. The Kier molecular flexibility index (Phi) is 3.78. The predicted octanol–water partition coefficient (Wildman–Crippen LogP) is 3.50. The third-order valence-corrected chi connectivity index (χ3v) is 3.22. The Balaban J connectivity index is 1.97. The summed E-state index contributed by atoms with van der Waals surface area (Å²) >= 11 is 0. The first-order valence-electron chi connectivity index (χ1n) is 6.83. The van der Waals surface area contributed by atoms with Crippen molar-refractivity contribution in [3.63, 3.8) is 0 Å². The molecule has 0 aliphatic heterocycles. The molecule has 112 valence electrons. The second kappa shape index (κ2) is 5.89. The van der Waals surface area contributed by atoms with E-state index in [9.17, 15) is 4.79 Å². The number of fused-ring (bicyclic) bond motifs is 1. The number of benzene rings is 2. The molecule has 0 saturated heterocycles. The number of nitrogens with zero attached hydrogens (tertiary/aromatic N) is 1. The Morgan fingerprint density at radius 3 is 2.73 bits per heavy atom. The Hall–Kier alpha value is -2.82. The summed E-state index contributed by atoms with van der Waals surface area (Å²) in [6.07, 6.45) is 0. The molecule has 0 amide bonds. The van der Waals surface area contributed by atoms with Crippen LogP contribution in [-0.4, -0.2) is 18.1 Å². The summed E-state index contributed by atoms with van der Waals surface area (Å²) in [5, 5.41) is 0. The monoisotopic (exact) mass is 297 g/mol. The van der Waals surface area contributed by atoms with Crippen molar-refractivity contribution in [2.45, 2.75) is 13.5 Å². The van der Waals surface area contributed by atoms with Crippen molar-refractivity contribution in [2.75, 3.05) is 7.11 Å². The van der Waals surface area contributed by atoms with E-state index in [1.807, 2.05) is 30.3 Å². The lowest BCUT2D eigenvalue weighted by molar-refractivity contribution is 0.0600. The van der Waals surface area contributed by atoms with Crippen LogP contribution in [-0.2, 0) is 11.3 Å². The van der Waals surface area contributed by atoms with Crippen molar-refractivity contribution in [2.24, 2.45) is 0 Å². The van der Waals surface area contributed by atoms with Crippen LogP contribution in [0.5, 0.6) is 5.75 Å². The molecule has 0 saturated carbocycles. The molecular formula is C17H15NO4. The molecule has 0 spiro atoms. The summed E-state index contributed by atoms with van der Waals surface area (Å²) in [5.41, 5.74) is 2.51. The van der Waals surface area contributed by atoms with E-state index in [-0.39, 0.29) is 0 Å². The number of ether oxygens (including phenoxy) is 2. The fourth-order valence-corrected chi connectivity index (χ4v) is 2.19. The number of carbonyl (C=O) groups is 1. The van der Waals surface area contributed by atoms with Crippen molar-refractivity contribution in [3.05, 3.63) is 59.5 Å². The van der Waals surface area contributed by atoms with Crippen LogP contribution < -0.4 is 4.74 Å². The zero-order valence-electron chi connectivity index (χ0n) is 12.3. The summed E-state index contributed by atoms with van der Waals surface area (Å²) in [6.45, 7) is 2.12. The number of carbonyl (C=O) groups excluding carboxylic acids is 1. The molecule has 0 aliphatic carbocycles. The van der Waals surface area contributed by atoms with Crippen molar-refractivity contribution in [1.82, 2.24) is 4.98 Å². The minimum absolute atomic E-state index is 0.375. The molecule has 0 atom stereocenters. The summed E-state index contributed by atoms with van der Waals surface area (Å²) in [7, 11) is 1.34. The number of methoxy groups -OCH3 is 1. The number of hydrogen-bond donors (Lipinski definition) is 0. The number of aromatic nitrogens is 1. The van der Waals surface area contributed by atoms with Gasteiger partial charge in [0.1, 0.15) is 12.1 Å². The van der Waals surface area contributed by atoms with Gasteiger partial charge in [0.2, 0.25) is 0 Å². The fourth-order valence-electron chi connectivity index (χ4n) is 2.19. The normalized spacial score (nSPS) is 10.6. The van der Waals surface area contributed by atoms with E-state index in [0.717, 1.165) is 5.56 Å². The molecule has 3 aromatic rings. The maximum Gasteiger partial charge on any atom is 0.338 e. The van der Waals surface area contributed by atoms with Crippen LogP contribution in [0.4, 0.5) is 0 Å². The SMILES string of the molecule is COC(=O)c1cc(OCc2ccccc2)c2oc(C)nc2c1. The first kappa shape index (κ1) is 14.1. The quantitative estimate of drug-likeness (QED) is 0.690. The van der Waals surface area contributed by atoms with Gasteiger partial charge in [0, 0.05) is 6.92 Å². The standard InChI is InChI=1S/C17H15NO4/c1-11-18-14-8-13(17(19)20-2)9-15(16(14)22-11)21-10-12-6-4-3-5-7-12/h3-9H,10H2,1-2H3. The molecule has 0 fully saturated rings. The largest absolute Gasteiger partial charge is 0.485 e. The van der Waals surface area contributed by atoms with Gasteiger partial charge in [-0.3, -0.25) is 0 Å². The highest BCUT2D eigenvalue weighted by Gasteiger charge is 2.16.